The van der Waals surface area contributed by atoms with E-state index in [0.717, 1.165) is 30.7 Å². The predicted octanol–water partition coefficient (Wildman–Crippen LogP) is 2.79. The highest BCUT2D eigenvalue weighted by atomic mass is 16.2. The van der Waals surface area contributed by atoms with Crippen LogP contribution in [0.3, 0.4) is 0 Å². The summed E-state index contributed by atoms with van der Waals surface area (Å²) in [4.78, 5) is 14.3. The van der Waals surface area contributed by atoms with Gasteiger partial charge in [0.05, 0.1) is 0 Å². The second kappa shape index (κ2) is 5.32. The molecule has 4 saturated carbocycles. The van der Waals surface area contributed by atoms with Crippen LogP contribution < -0.4 is 5.73 Å². The Morgan fingerprint density at radius 2 is 1.70 bits per heavy atom. The average Bonchev–Trinajstić information content (AvgIpc) is 2.33. The van der Waals surface area contributed by atoms with Gasteiger partial charge in [-0.15, -0.1) is 0 Å². The zero-order chi connectivity index (χ0) is 14.3. The quantitative estimate of drug-likeness (QED) is 0.840. The minimum Gasteiger partial charge on any atom is -0.345 e. The molecule has 0 aromatic heterocycles. The van der Waals surface area contributed by atoms with Crippen LogP contribution >= 0.6 is 0 Å². The molecule has 3 nitrogen and oxygen atoms in total. The Morgan fingerprint density at radius 1 is 1.20 bits per heavy atom. The van der Waals surface area contributed by atoms with Crippen molar-refractivity contribution in [3.05, 3.63) is 0 Å². The smallest absolute Gasteiger partial charge is 0.222 e. The highest BCUT2D eigenvalue weighted by Gasteiger charge is 2.51. The van der Waals surface area contributed by atoms with E-state index in [0.29, 0.717) is 11.8 Å². The Morgan fingerprint density at radius 3 is 2.15 bits per heavy atom. The van der Waals surface area contributed by atoms with E-state index in [4.69, 9.17) is 5.73 Å². The lowest BCUT2D eigenvalue weighted by Crippen LogP contribution is -2.51. The minimum atomic E-state index is 0.131. The minimum absolute atomic E-state index is 0.131. The third-order valence-electron chi connectivity index (χ3n) is 5.98. The Balaban J connectivity index is 1.58. The standard InChI is InChI=1S/C17H30N2O/c1-12(18)3-4-16(20)19(2)11-17-8-13-5-14(9-17)7-15(6-13)10-17/h12-15H,3-11,18H2,1-2H3. The summed E-state index contributed by atoms with van der Waals surface area (Å²) >= 11 is 0. The van der Waals surface area contributed by atoms with Crippen LogP contribution in [0, 0.1) is 23.2 Å². The molecule has 1 amide bonds. The van der Waals surface area contributed by atoms with Gasteiger partial charge in [0.1, 0.15) is 0 Å². The molecule has 4 aliphatic rings. The SMILES string of the molecule is CC(N)CCC(=O)N(C)CC12CC3CC(CC(C3)C1)C2. The van der Waals surface area contributed by atoms with Gasteiger partial charge in [-0.2, -0.15) is 0 Å². The molecular formula is C17H30N2O. The average molecular weight is 278 g/mol. The number of carbonyl (C=O) groups is 1. The van der Waals surface area contributed by atoms with Crippen LogP contribution in [-0.2, 0) is 4.79 Å². The van der Waals surface area contributed by atoms with Crippen molar-refractivity contribution in [1.82, 2.24) is 4.90 Å². The van der Waals surface area contributed by atoms with E-state index >= 15 is 0 Å². The monoisotopic (exact) mass is 278 g/mol. The van der Waals surface area contributed by atoms with Crippen LogP contribution in [0.5, 0.6) is 0 Å². The fraction of sp³-hybridized carbons (Fsp3) is 0.941. The topological polar surface area (TPSA) is 46.3 Å². The highest BCUT2D eigenvalue weighted by molar-refractivity contribution is 5.75. The molecule has 4 fully saturated rings. The van der Waals surface area contributed by atoms with Crippen molar-refractivity contribution < 1.29 is 4.79 Å². The summed E-state index contributed by atoms with van der Waals surface area (Å²) in [5, 5.41) is 0. The van der Waals surface area contributed by atoms with Crippen molar-refractivity contribution in [2.24, 2.45) is 28.9 Å². The molecule has 1 unspecified atom stereocenters. The molecule has 0 radical (unpaired) electrons. The maximum absolute atomic E-state index is 12.2. The first-order chi connectivity index (χ1) is 9.46. The summed E-state index contributed by atoms with van der Waals surface area (Å²) in [6.45, 7) is 2.97. The summed E-state index contributed by atoms with van der Waals surface area (Å²) in [6.07, 6.45) is 9.98. The van der Waals surface area contributed by atoms with Gasteiger partial charge < -0.3 is 10.6 Å². The number of carbonyl (C=O) groups excluding carboxylic acids is 1. The van der Waals surface area contributed by atoms with Crippen molar-refractivity contribution in [3.63, 3.8) is 0 Å². The van der Waals surface area contributed by atoms with E-state index in [2.05, 4.69) is 0 Å². The molecule has 0 aliphatic heterocycles. The normalized spacial score (nSPS) is 39.9. The van der Waals surface area contributed by atoms with Crippen LogP contribution in [0.25, 0.3) is 0 Å². The molecule has 0 spiro atoms. The summed E-state index contributed by atoms with van der Waals surface area (Å²) in [5.41, 5.74) is 6.22. The second-order valence-corrected chi connectivity index (χ2v) is 8.18. The molecule has 20 heavy (non-hydrogen) atoms. The van der Waals surface area contributed by atoms with Gasteiger partial charge in [0.25, 0.3) is 0 Å². The fourth-order valence-electron chi connectivity index (χ4n) is 5.62. The molecule has 4 bridgehead atoms. The molecule has 0 heterocycles. The molecule has 114 valence electrons. The Bertz CT molecular complexity index is 342. The van der Waals surface area contributed by atoms with Gasteiger partial charge in [0, 0.05) is 26.1 Å². The number of hydrogen-bond acceptors (Lipinski definition) is 2. The molecule has 3 heteroatoms. The summed E-state index contributed by atoms with van der Waals surface area (Å²) < 4.78 is 0. The third-order valence-corrected chi connectivity index (χ3v) is 5.98. The highest BCUT2D eigenvalue weighted by Crippen LogP contribution is 2.60. The van der Waals surface area contributed by atoms with E-state index in [1.54, 1.807) is 0 Å². The molecule has 4 rings (SSSR count). The summed E-state index contributed by atoms with van der Waals surface area (Å²) in [7, 11) is 2.00. The Labute approximate surface area is 123 Å². The van der Waals surface area contributed by atoms with Crippen LogP contribution in [0.2, 0.25) is 0 Å². The van der Waals surface area contributed by atoms with E-state index < -0.39 is 0 Å². The predicted molar refractivity (Wildman–Crippen MR) is 81.1 cm³/mol. The second-order valence-electron chi connectivity index (χ2n) is 8.18. The van der Waals surface area contributed by atoms with Gasteiger partial charge in [-0.3, -0.25) is 4.79 Å². The van der Waals surface area contributed by atoms with Gasteiger partial charge in [-0.1, -0.05) is 0 Å². The Hall–Kier alpha value is -0.570. The first-order valence-electron chi connectivity index (χ1n) is 8.45. The number of hydrogen-bond donors (Lipinski definition) is 1. The number of nitrogens with two attached hydrogens (primary N) is 1. The van der Waals surface area contributed by atoms with Crippen molar-refractivity contribution in [2.75, 3.05) is 13.6 Å². The fourth-order valence-corrected chi connectivity index (χ4v) is 5.62. The summed E-state index contributed by atoms with van der Waals surface area (Å²) in [6, 6.07) is 0.131. The maximum Gasteiger partial charge on any atom is 0.222 e. The van der Waals surface area contributed by atoms with Gasteiger partial charge >= 0.3 is 0 Å². The van der Waals surface area contributed by atoms with Crippen molar-refractivity contribution in [3.8, 4) is 0 Å². The third kappa shape index (κ3) is 2.88. The lowest BCUT2D eigenvalue weighted by Gasteiger charge is -2.57. The van der Waals surface area contributed by atoms with E-state index in [1.165, 1.54) is 38.5 Å². The zero-order valence-electron chi connectivity index (χ0n) is 13.1. The molecule has 4 aliphatic carbocycles. The maximum atomic E-state index is 12.2. The largest absolute Gasteiger partial charge is 0.345 e. The number of rotatable bonds is 5. The lowest BCUT2D eigenvalue weighted by molar-refractivity contribution is -0.135. The first-order valence-corrected chi connectivity index (χ1v) is 8.45. The van der Waals surface area contributed by atoms with Crippen LogP contribution in [0.4, 0.5) is 0 Å². The molecule has 0 saturated heterocycles. The van der Waals surface area contributed by atoms with Gasteiger partial charge in [-0.25, -0.2) is 0 Å². The first kappa shape index (κ1) is 14.4. The number of amides is 1. The number of nitrogens with zero attached hydrogens (tertiary/aromatic N) is 1. The van der Waals surface area contributed by atoms with Crippen LogP contribution in [0.1, 0.15) is 58.3 Å². The van der Waals surface area contributed by atoms with Gasteiger partial charge in [-0.05, 0) is 75.0 Å². The van der Waals surface area contributed by atoms with Crippen molar-refractivity contribution in [1.29, 1.82) is 0 Å². The Kier molecular flexibility index (Phi) is 3.83. The van der Waals surface area contributed by atoms with E-state index in [1.807, 2.05) is 18.9 Å². The van der Waals surface area contributed by atoms with Crippen LogP contribution in [-0.4, -0.2) is 30.4 Å². The van der Waals surface area contributed by atoms with E-state index in [9.17, 15) is 4.79 Å². The molecule has 0 aromatic carbocycles. The van der Waals surface area contributed by atoms with E-state index in [-0.39, 0.29) is 11.9 Å². The van der Waals surface area contributed by atoms with Gasteiger partial charge in [0.15, 0.2) is 0 Å². The van der Waals surface area contributed by atoms with Crippen molar-refractivity contribution in [2.45, 2.75) is 64.3 Å². The molecule has 0 aromatic rings. The molecule has 1 atom stereocenters. The zero-order valence-corrected chi connectivity index (χ0v) is 13.1. The van der Waals surface area contributed by atoms with Gasteiger partial charge in [0.2, 0.25) is 5.91 Å². The molecule has 2 N–H and O–H groups in total. The summed E-state index contributed by atoms with van der Waals surface area (Å²) in [5.74, 6) is 3.19. The van der Waals surface area contributed by atoms with Crippen molar-refractivity contribution >= 4 is 5.91 Å². The van der Waals surface area contributed by atoms with Crippen LogP contribution in [0.15, 0.2) is 0 Å². The molecular weight excluding hydrogens is 248 g/mol. The lowest BCUT2D eigenvalue weighted by atomic mass is 9.49.